The number of aliphatic hydroxyl groups excluding tert-OH is 1. The molecule has 0 aliphatic heterocycles. The second kappa shape index (κ2) is 12.8. The van der Waals surface area contributed by atoms with Crippen LogP contribution >= 0.6 is 0 Å². The average Bonchev–Trinajstić information content (AvgIpc) is 2.86. The Bertz CT molecular complexity index is 303. The topological polar surface area (TPSA) is 57.5 Å². The molecule has 2 N–H and O–H groups in total. The maximum absolute atomic E-state index is 10.5. The summed E-state index contributed by atoms with van der Waals surface area (Å²) in [5.74, 6) is 0.551. The number of unbranched alkanes of at least 4 members (excludes halogenated alkanes) is 8. The molecule has 1 aliphatic carbocycles. The molecule has 136 valence electrons. The van der Waals surface area contributed by atoms with Gasteiger partial charge in [0.15, 0.2) is 0 Å². The highest BCUT2D eigenvalue weighted by atomic mass is 16.4. The van der Waals surface area contributed by atoms with Gasteiger partial charge in [-0.15, -0.1) is 0 Å². The summed E-state index contributed by atoms with van der Waals surface area (Å²) in [5.41, 5.74) is 0. The summed E-state index contributed by atoms with van der Waals surface area (Å²) in [7, 11) is 0. The smallest absolute Gasteiger partial charge is 0.303 e. The van der Waals surface area contributed by atoms with E-state index in [-0.39, 0.29) is 6.10 Å². The standard InChI is InChI=1S/C20H38O3/c1-2-3-4-5-6-9-12-17-15-16-19(21)18(17)13-10-7-8-11-14-20(22)23/h17-19,21H,2-16H2,1H3,(H,22,23)/t17?,18-,19?/m1/s1. The number of aliphatic carboxylic acids is 1. The molecule has 1 rings (SSSR count). The molecule has 1 saturated carbocycles. The van der Waals surface area contributed by atoms with E-state index in [0.29, 0.717) is 12.3 Å². The number of hydrogen-bond donors (Lipinski definition) is 2. The summed E-state index contributed by atoms with van der Waals surface area (Å²) in [6.07, 6.45) is 17.0. The summed E-state index contributed by atoms with van der Waals surface area (Å²) in [6, 6.07) is 0. The van der Waals surface area contributed by atoms with E-state index >= 15 is 0 Å². The lowest BCUT2D eigenvalue weighted by molar-refractivity contribution is -0.137. The second-order valence-electron chi connectivity index (χ2n) is 7.47. The molecule has 3 nitrogen and oxygen atoms in total. The first-order valence-electron chi connectivity index (χ1n) is 10.0. The van der Waals surface area contributed by atoms with Crippen molar-refractivity contribution in [2.45, 2.75) is 109 Å². The van der Waals surface area contributed by atoms with Gasteiger partial charge in [0.25, 0.3) is 0 Å². The van der Waals surface area contributed by atoms with Crippen LogP contribution in [0.5, 0.6) is 0 Å². The second-order valence-corrected chi connectivity index (χ2v) is 7.47. The van der Waals surface area contributed by atoms with Crippen molar-refractivity contribution >= 4 is 5.97 Å². The van der Waals surface area contributed by atoms with Crippen LogP contribution in [-0.4, -0.2) is 22.3 Å². The number of aliphatic hydroxyl groups is 1. The van der Waals surface area contributed by atoms with Crippen molar-refractivity contribution in [3.63, 3.8) is 0 Å². The zero-order valence-corrected chi connectivity index (χ0v) is 15.1. The molecule has 1 aliphatic rings. The number of carboxylic acid groups (broad SMARTS) is 1. The molecule has 0 heterocycles. The van der Waals surface area contributed by atoms with Crippen LogP contribution in [-0.2, 0) is 4.79 Å². The highest BCUT2D eigenvalue weighted by molar-refractivity contribution is 5.66. The average molecular weight is 327 g/mol. The lowest BCUT2D eigenvalue weighted by Gasteiger charge is -2.22. The van der Waals surface area contributed by atoms with Crippen LogP contribution in [0.4, 0.5) is 0 Å². The zero-order valence-electron chi connectivity index (χ0n) is 15.1. The van der Waals surface area contributed by atoms with Gasteiger partial charge in [0.05, 0.1) is 6.10 Å². The van der Waals surface area contributed by atoms with Crippen molar-refractivity contribution in [1.29, 1.82) is 0 Å². The quantitative estimate of drug-likeness (QED) is 0.411. The molecule has 0 radical (unpaired) electrons. The van der Waals surface area contributed by atoms with Crippen LogP contribution in [0.2, 0.25) is 0 Å². The van der Waals surface area contributed by atoms with Gasteiger partial charge in [-0.25, -0.2) is 0 Å². The van der Waals surface area contributed by atoms with Crippen LogP contribution < -0.4 is 0 Å². The molecule has 23 heavy (non-hydrogen) atoms. The fraction of sp³-hybridized carbons (Fsp3) is 0.950. The number of rotatable bonds is 14. The van der Waals surface area contributed by atoms with Crippen LogP contribution in [0.3, 0.4) is 0 Å². The molecule has 3 atom stereocenters. The van der Waals surface area contributed by atoms with Crippen LogP contribution in [0.1, 0.15) is 103 Å². The summed E-state index contributed by atoms with van der Waals surface area (Å²) in [4.78, 5) is 10.5. The number of carboxylic acids is 1. The predicted molar refractivity (Wildman–Crippen MR) is 95.6 cm³/mol. The number of carbonyl (C=O) groups is 1. The van der Waals surface area contributed by atoms with Crippen LogP contribution in [0.25, 0.3) is 0 Å². The van der Waals surface area contributed by atoms with E-state index < -0.39 is 5.97 Å². The molecule has 0 aromatic rings. The third kappa shape index (κ3) is 9.34. The molecule has 3 heteroatoms. The monoisotopic (exact) mass is 326 g/mol. The first kappa shape index (κ1) is 20.5. The largest absolute Gasteiger partial charge is 0.481 e. The Morgan fingerprint density at radius 1 is 0.870 bits per heavy atom. The Hall–Kier alpha value is -0.570. The van der Waals surface area contributed by atoms with Gasteiger partial charge in [-0.05, 0) is 37.5 Å². The Morgan fingerprint density at radius 2 is 1.48 bits per heavy atom. The van der Waals surface area contributed by atoms with Gasteiger partial charge in [-0.1, -0.05) is 71.1 Å². The van der Waals surface area contributed by atoms with Crippen molar-refractivity contribution in [2.75, 3.05) is 0 Å². The number of hydrogen-bond acceptors (Lipinski definition) is 2. The van der Waals surface area contributed by atoms with Crippen molar-refractivity contribution in [2.24, 2.45) is 11.8 Å². The van der Waals surface area contributed by atoms with Gasteiger partial charge in [0.1, 0.15) is 0 Å². The maximum Gasteiger partial charge on any atom is 0.303 e. The molecule has 1 fully saturated rings. The molecule has 0 amide bonds. The normalized spacial score (nSPS) is 24.2. The lowest BCUT2D eigenvalue weighted by Crippen LogP contribution is -2.19. The van der Waals surface area contributed by atoms with E-state index in [0.717, 1.165) is 44.4 Å². The van der Waals surface area contributed by atoms with Gasteiger partial charge in [-0.3, -0.25) is 4.79 Å². The lowest BCUT2D eigenvalue weighted by atomic mass is 9.85. The van der Waals surface area contributed by atoms with Crippen LogP contribution in [0.15, 0.2) is 0 Å². The minimum absolute atomic E-state index is 0.0842. The van der Waals surface area contributed by atoms with E-state index in [1.807, 2.05) is 0 Å². The zero-order chi connectivity index (χ0) is 16.9. The Morgan fingerprint density at radius 3 is 2.17 bits per heavy atom. The fourth-order valence-corrected chi connectivity index (χ4v) is 4.11. The minimum Gasteiger partial charge on any atom is -0.481 e. The summed E-state index contributed by atoms with van der Waals surface area (Å²) >= 11 is 0. The summed E-state index contributed by atoms with van der Waals surface area (Å²) < 4.78 is 0. The van der Waals surface area contributed by atoms with Gasteiger partial charge >= 0.3 is 5.97 Å². The van der Waals surface area contributed by atoms with Gasteiger partial charge < -0.3 is 10.2 Å². The molecular weight excluding hydrogens is 288 g/mol. The van der Waals surface area contributed by atoms with Crippen molar-refractivity contribution in [1.82, 2.24) is 0 Å². The van der Waals surface area contributed by atoms with Gasteiger partial charge in [0.2, 0.25) is 0 Å². The predicted octanol–water partition coefficient (Wildman–Crippen LogP) is 5.55. The molecular formula is C20H38O3. The van der Waals surface area contributed by atoms with E-state index in [4.69, 9.17) is 5.11 Å². The van der Waals surface area contributed by atoms with Crippen molar-refractivity contribution < 1.29 is 15.0 Å². The van der Waals surface area contributed by atoms with Gasteiger partial charge in [-0.2, -0.15) is 0 Å². The summed E-state index contributed by atoms with van der Waals surface area (Å²) in [5, 5.41) is 18.9. The van der Waals surface area contributed by atoms with E-state index in [1.54, 1.807) is 0 Å². The van der Waals surface area contributed by atoms with Crippen molar-refractivity contribution in [3.05, 3.63) is 0 Å². The Kier molecular flexibility index (Phi) is 11.4. The van der Waals surface area contributed by atoms with Crippen LogP contribution in [0, 0.1) is 11.8 Å². The minimum atomic E-state index is -0.685. The summed E-state index contributed by atoms with van der Waals surface area (Å²) in [6.45, 7) is 2.26. The molecule has 0 saturated heterocycles. The first-order valence-corrected chi connectivity index (χ1v) is 10.0. The maximum atomic E-state index is 10.5. The van der Waals surface area contributed by atoms with Crippen molar-refractivity contribution in [3.8, 4) is 0 Å². The third-order valence-corrected chi connectivity index (χ3v) is 5.54. The first-order chi connectivity index (χ1) is 11.1. The third-order valence-electron chi connectivity index (χ3n) is 5.54. The SMILES string of the molecule is CCCCCCCCC1CCC(O)[C@@H]1CCCCCCC(=O)O. The Balaban J connectivity index is 2.09. The van der Waals surface area contributed by atoms with E-state index in [1.165, 1.54) is 51.4 Å². The Labute approximate surface area is 142 Å². The highest BCUT2D eigenvalue weighted by Crippen LogP contribution is 2.38. The van der Waals surface area contributed by atoms with E-state index in [2.05, 4.69) is 6.92 Å². The molecule has 2 unspecified atom stereocenters. The molecule has 0 spiro atoms. The van der Waals surface area contributed by atoms with Gasteiger partial charge in [0, 0.05) is 6.42 Å². The fourth-order valence-electron chi connectivity index (χ4n) is 4.11. The molecule has 0 aromatic heterocycles. The highest BCUT2D eigenvalue weighted by Gasteiger charge is 2.33. The molecule has 0 aromatic carbocycles. The van der Waals surface area contributed by atoms with E-state index in [9.17, 15) is 9.90 Å². The molecule has 0 bridgehead atoms.